The SMILES string of the molecule is Oc1c(O)c(-c2c(O)c(O)c(O)c3ccccc23)c2ccccc2c1O. The van der Waals surface area contributed by atoms with Gasteiger partial charge >= 0.3 is 0 Å². The molecule has 6 nitrogen and oxygen atoms in total. The Balaban J connectivity index is 2.30. The highest BCUT2D eigenvalue weighted by Gasteiger charge is 2.26. The van der Waals surface area contributed by atoms with E-state index in [0.29, 0.717) is 10.8 Å². The van der Waals surface area contributed by atoms with Gasteiger partial charge in [0, 0.05) is 21.9 Å². The van der Waals surface area contributed by atoms with Gasteiger partial charge in [-0.2, -0.15) is 0 Å². The third kappa shape index (κ3) is 1.92. The molecule has 4 aromatic carbocycles. The first-order valence-electron chi connectivity index (χ1n) is 7.75. The fourth-order valence-electron chi connectivity index (χ4n) is 3.29. The lowest BCUT2D eigenvalue weighted by molar-refractivity contribution is 0.369. The van der Waals surface area contributed by atoms with Gasteiger partial charge in [-0.15, -0.1) is 0 Å². The number of phenols is 6. The van der Waals surface area contributed by atoms with Crippen molar-refractivity contribution < 1.29 is 30.6 Å². The molecule has 0 bridgehead atoms. The summed E-state index contributed by atoms with van der Waals surface area (Å²) < 4.78 is 0. The van der Waals surface area contributed by atoms with Crippen LogP contribution in [0.3, 0.4) is 0 Å². The van der Waals surface area contributed by atoms with E-state index in [2.05, 4.69) is 0 Å². The van der Waals surface area contributed by atoms with Crippen molar-refractivity contribution in [1.29, 1.82) is 0 Å². The Hall–Kier alpha value is -3.80. The maximum Gasteiger partial charge on any atom is 0.201 e. The topological polar surface area (TPSA) is 121 Å². The normalized spacial score (nSPS) is 11.2. The Morgan fingerprint density at radius 2 is 0.654 bits per heavy atom. The van der Waals surface area contributed by atoms with Gasteiger partial charge in [0.1, 0.15) is 0 Å². The lowest BCUT2D eigenvalue weighted by Crippen LogP contribution is -1.89. The minimum absolute atomic E-state index is 0.0277. The molecule has 26 heavy (non-hydrogen) atoms. The predicted octanol–water partition coefficient (Wildman–Crippen LogP) is 3.89. The fraction of sp³-hybridized carbons (Fsp3) is 0. The largest absolute Gasteiger partial charge is 0.504 e. The van der Waals surface area contributed by atoms with Crippen molar-refractivity contribution in [2.24, 2.45) is 0 Å². The first-order chi connectivity index (χ1) is 12.4. The molecule has 0 aliphatic heterocycles. The highest BCUT2D eigenvalue weighted by atomic mass is 16.3. The first-order valence-corrected chi connectivity index (χ1v) is 7.75. The van der Waals surface area contributed by atoms with Crippen LogP contribution in [-0.2, 0) is 0 Å². The van der Waals surface area contributed by atoms with Gasteiger partial charge in [-0.1, -0.05) is 48.5 Å². The Labute approximate surface area is 147 Å². The van der Waals surface area contributed by atoms with E-state index < -0.39 is 34.5 Å². The van der Waals surface area contributed by atoms with Crippen LogP contribution in [0.4, 0.5) is 0 Å². The molecule has 0 amide bonds. The lowest BCUT2D eigenvalue weighted by Gasteiger charge is -2.17. The van der Waals surface area contributed by atoms with E-state index >= 15 is 0 Å². The molecular formula is C20H14O6. The van der Waals surface area contributed by atoms with Gasteiger partial charge in [-0.25, -0.2) is 0 Å². The van der Waals surface area contributed by atoms with Crippen molar-refractivity contribution >= 4 is 21.5 Å². The molecule has 0 aromatic heterocycles. The van der Waals surface area contributed by atoms with Crippen LogP contribution >= 0.6 is 0 Å². The lowest BCUT2D eigenvalue weighted by atomic mass is 9.90. The van der Waals surface area contributed by atoms with Gasteiger partial charge in [0.05, 0.1) is 0 Å². The second kappa shape index (κ2) is 5.35. The molecule has 0 spiro atoms. The molecule has 0 aliphatic carbocycles. The van der Waals surface area contributed by atoms with Crippen molar-refractivity contribution in [3.63, 3.8) is 0 Å². The summed E-state index contributed by atoms with van der Waals surface area (Å²) in [6.45, 7) is 0. The van der Waals surface area contributed by atoms with Gasteiger partial charge in [0.15, 0.2) is 23.0 Å². The van der Waals surface area contributed by atoms with E-state index in [1.807, 2.05) is 0 Å². The molecule has 0 aliphatic rings. The summed E-state index contributed by atoms with van der Waals surface area (Å²) in [5, 5.41) is 62.8. The number of hydrogen-bond donors (Lipinski definition) is 6. The quantitative estimate of drug-likeness (QED) is 0.290. The Morgan fingerprint density at radius 1 is 0.346 bits per heavy atom. The number of hydrogen-bond acceptors (Lipinski definition) is 6. The zero-order valence-corrected chi connectivity index (χ0v) is 13.3. The van der Waals surface area contributed by atoms with E-state index in [0.717, 1.165) is 0 Å². The van der Waals surface area contributed by atoms with Gasteiger partial charge in [-0.05, 0) is 10.8 Å². The minimum atomic E-state index is -0.741. The van der Waals surface area contributed by atoms with E-state index in [-0.39, 0.29) is 21.9 Å². The van der Waals surface area contributed by atoms with Crippen LogP contribution in [-0.4, -0.2) is 30.6 Å². The summed E-state index contributed by atoms with van der Waals surface area (Å²) >= 11 is 0. The average Bonchev–Trinajstić information content (AvgIpc) is 2.67. The second-order valence-corrected chi connectivity index (χ2v) is 5.93. The summed E-state index contributed by atoms with van der Waals surface area (Å²) in [5.74, 6) is -3.76. The number of benzene rings is 4. The van der Waals surface area contributed by atoms with Crippen molar-refractivity contribution in [3.8, 4) is 45.6 Å². The van der Waals surface area contributed by atoms with Gasteiger partial charge in [-0.3, -0.25) is 0 Å². The van der Waals surface area contributed by atoms with Crippen LogP contribution in [0.25, 0.3) is 32.7 Å². The zero-order valence-electron chi connectivity index (χ0n) is 13.3. The summed E-state index contributed by atoms with van der Waals surface area (Å²) in [6.07, 6.45) is 0. The number of phenolic OH excluding ortho intramolecular Hbond substituents is 6. The second-order valence-electron chi connectivity index (χ2n) is 5.93. The van der Waals surface area contributed by atoms with Crippen molar-refractivity contribution in [2.45, 2.75) is 0 Å². The smallest absolute Gasteiger partial charge is 0.201 e. The number of fused-ring (bicyclic) bond motifs is 2. The fourth-order valence-corrected chi connectivity index (χ4v) is 3.29. The molecule has 4 aromatic rings. The minimum Gasteiger partial charge on any atom is -0.504 e. The Morgan fingerprint density at radius 3 is 1.00 bits per heavy atom. The molecule has 0 saturated carbocycles. The third-order valence-electron chi connectivity index (χ3n) is 4.52. The van der Waals surface area contributed by atoms with E-state index in [1.54, 1.807) is 48.5 Å². The van der Waals surface area contributed by atoms with Crippen LogP contribution in [0.2, 0.25) is 0 Å². The van der Waals surface area contributed by atoms with Crippen molar-refractivity contribution in [1.82, 2.24) is 0 Å². The summed E-state index contributed by atoms with van der Waals surface area (Å²) in [7, 11) is 0. The Kier molecular flexibility index (Phi) is 3.23. The van der Waals surface area contributed by atoms with Gasteiger partial charge in [0.2, 0.25) is 11.5 Å². The van der Waals surface area contributed by atoms with Gasteiger partial charge < -0.3 is 30.6 Å². The third-order valence-corrected chi connectivity index (χ3v) is 4.52. The summed E-state index contributed by atoms with van der Waals surface area (Å²) in [5.41, 5.74) is 0.0554. The maximum atomic E-state index is 10.5. The molecule has 0 fully saturated rings. The van der Waals surface area contributed by atoms with E-state index in [1.165, 1.54) is 0 Å². The molecule has 0 heterocycles. The average molecular weight is 350 g/mol. The van der Waals surface area contributed by atoms with Crippen LogP contribution in [0.5, 0.6) is 34.5 Å². The summed E-state index contributed by atoms with van der Waals surface area (Å²) in [4.78, 5) is 0. The molecule has 6 N–H and O–H groups in total. The monoisotopic (exact) mass is 350 g/mol. The molecule has 0 saturated heterocycles. The highest BCUT2D eigenvalue weighted by molar-refractivity contribution is 6.14. The first kappa shape index (κ1) is 15.7. The molecular weight excluding hydrogens is 336 g/mol. The van der Waals surface area contributed by atoms with Crippen LogP contribution in [0, 0.1) is 0 Å². The molecule has 130 valence electrons. The molecule has 6 heteroatoms. The van der Waals surface area contributed by atoms with Crippen LogP contribution in [0.1, 0.15) is 0 Å². The van der Waals surface area contributed by atoms with Gasteiger partial charge in [0.25, 0.3) is 0 Å². The van der Waals surface area contributed by atoms with E-state index in [4.69, 9.17) is 0 Å². The van der Waals surface area contributed by atoms with E-state index in [9.17, 15) is 30.6 Å². The molecule has 4 rings (SSSR count). The standard InChI is InChI=1S/C20H14O6/c21-15-11-7-3-1-5-9(11)13(17(23)19(15)25)14-10-6-2-4-8-12(10)16(22)20(26)18(14)24/h1-8,21-26H. The maximum absolute atomic E-state index is 10.5. The molecule has 0 unspecified atom stereocenters. The Bertz CT molecular complexity index is 1100. The van der Waals surface area contributed by atoms with Crippen molar-refractivity contribution in [3.05, 3.63) is 48.5 Å². The molecule has 0 radical (unpaired) electrons. The number of rotatable bonds is 1. The van der Waals surface area contributed by atoms with Crippen molar-refractivity contribution in [2.75, 3.05) is 0 Å². The number of aromatic hydroxyl groups is 6. The van der Waals surface area contributed by atoms with Crippen LogP contribution < -0.4 is 0 Å². The van der Waals surface area contributed by atoms with Crippen LogP contribution in [0.15, 0.2) is 48.5 Å². The molecule has 0 atom stereocenters. The predicted molar refractivity (Wildman–Crippen MR) is 96.9 cm³/mol. The highest BCUT2D eigenvalue weighted by Crippen LogP contribution is 2.56. The zero-order chi connectivity index (χ0) is 18.6. The summed E-state index contributed by atoms with van der Waals surface area (Å²) in [6, 6.07) is 12.9.